The van der Waals surface area contributed by atoms with Gasteiger partial charge in [0.25, 0.3) is 0 Å². The van der Waals surface area contributed by atoms with E-state index in [2.05, 4.69) is 5.32 Å². The summed E-state index contributed by atoms with van der Waals surface area (Å²) in [5.74, 6) is 0.808. The Bertz CT molecular complexity index is 476. The molecule has 0 unspecified atom stereocenters. The molecule has 0 aliphatic heterocycles. The van der Waals surface area contributed by atoms with E-state index in [0.717, 1.165) is 5.56 Å². The van der Waals surface area contributed by atoms with E-state index >= 15 is 0 Å². The summed E-state index contributed by atoms with van der Waals surface area (Å²) < 4.78 is 16.2. The van der Waals surface area contributed by atoms with Gasteiger partial charge in [-0.1, -0.05) is 13.8 Å². The molecule has 0 spiro atoms. The van der Waals surface area contributed by atoms with Crippen molar-refractivity contribution in [2.45, 2.75) is 33.4 Å². The Morgan fingerprint density at radius 2 is 1.77 bits per heavy atom. The van der Waals surface area contributed by atoms with E-state index in [4.69, 9.17) is 14.2 Å². The first-order chi connectivity index (χ1) is 10.4. The zero-order valence-electron chi connectivity index (χ0n) is 13.8. The summed E-state index contributed by atoms with van der Waals surface area (Å²) in [6, 6.07) is 3.03. The third-order valence-corrected chi connectivity index (χ3v) is 3.27. The number of carboxylic acids is 1. The second-order valence-electron chi connectivity index (χ2n) is 5.20. The number of ether oxygens (including phenoxy) is 3. The van der Waals surface area contributed by atoms with E-state index in [-0.39, 0.29) is 5.92 Å². The molecule has 1 atom stereocenters. The van der Waals surface area contributed by atoms with E-state index < -0.39 is 12.0 Å². The zero-order valence-corrected chi connectivity index (χ0v) is 13.8. The summed E-state index contributed by atoms with van der Waals surface area (Å²) in [6.45, 7) is 6.51. The van der Waals surface area contributed by atoms with E-state index in [1.54, 1.807) is 14.2 Å². The fourth-order valence-electron chi connectivity index (χ4n) is 2.16. The van der Waals surface area contributed by atoms with Gasteiger partial charge in [0.15, 0.2) is 11.5 Å². The monoisotopic (exact) mass is 311 g/mol. The van der Waals surface area contributed by atoms with E-state index in [1.807, 2.05) is 32.9 Å². The van der Waals surface area contributed by atoms with Gasteiger partial charge < -0.3 is 24.6 Å². The smallest absolute Gasteiger partial charge is 0.320 e. The van der Waals surface area contributed by atoms with Crippen LogP contribution in [-0.4, -0.2) is 37.9 Å². The van der Waals surface area contributed by atoms with Crippen LogP contribution >= 0.6 is 0 Å². The third-order valence-electron chi connectivity index (χ3n) is 3.27. The SMILES string of the molecule is CCOc1c(OC)cc(CN[C@H](C(=O)O)C(C)C)cc1OC. The molecule has 0 heterocycles. The lowest BCUT2D eigenvalue weighted by Crippen LogP contribution is -2.40. The van der Waals surface area contributed by atoms with Gasteiger partial charge in [-0.15, -0.1) is 0 Å². The molecule has 2 N–H and O–H groups in total. The van der Waals surface area contributed by atoms with Crippen LogP contribution in [0.15, 0.2) is 12.1 Å². The van der Waals surface area contributed by atoms with Gasteiger partial charge >= 0.3 is 5.97 Å². The number of hydrogen-bond donors (Lipinski definition) is 2. The lowest BCUT2D eigenvalue weighted by molar-refractivity contribution is -0.140. The Labute approximate surface area is 131 Å². The van der Waals surface area contributed by atoms with Crippen molar-refractivity contribution in [3.63, 3.8) is 0 Å². The van der Waals surface area contributed by atoms with Gasteiger partial charge in [0.1, 0.15) is 6.04 Å². The third kappa shape index (κ3) is 4.53. The first kappa shape index (κ1) is 18.1. The molecule has 0 saturated carbocycles. The Morgan fingerprint density at radius 1 is 1.23 bits per heavy atom. The minimum atomic E-state index is -0.861. The molecular weight excluding hydrogens is 286 g/mol. The molecule has 0 amide bonds. The molecule has 6 heteroatoms. The van der Waals surface area contributed by atoms with Gasteiger partial charge in [0, 0.05) is 6.54 Å². The normalized spacial score (nSPS) is 12.1. The van der Waals surface area contributed by atoms with Crippen molar-refractivity contribution in [1.82, 2.24) is 5.32 Å². The Morgan fingerprint density at radius 3 is 2.14 bits per heavy atom. The summed E-state index contributed by atoms with van der Waals surface area (Å²) in [5.41, 5.74) is 0.865. The number of nitrogens with one attached hydrogen (secondary N) is 1. The van der Waals surface area contributed by atoms with Gasteiger partial charge in [-0.3, -0.25) is 4.79 Å². The highest BCUT2D eigenvalue weighted by Crippen LogP contribution is 2.38. The van der Waals surface area contributed by atoms with Crippen LogP contribution in [0.2, 0.25) is 0 Å². The lowest BCUT2D eigenvalue weighted by Gasteiger charge is -2.19. The second kappa shape index (κ2) is 8.48. The summed E-state index contributed by atoms with van der Waals surface area (Å²) in [7, 11) is 3.12. The predicted octanol–water partition coefficient (Wildman–Crippen LogP) is 2.30. The molecule has 0 bridgehead atoms. The summed E-state index contributed by atoms with van der Waals surface area (Å²) in [6.07, 6.45) is 0. The molecule has 0 radical (unpaired) electrons. The fourth-order valence-corrected chi connectivity index (χ4v) is 2.16. The summed E-state index contributed by atoms with van der Waals surface area (Å²) in [5, 5.41) is 12.2. The Hall–Kier alpha value is -1.95. The molecule has 0 aliphatic carbocycles. The van der Waals surface area contributed by atoms with Crippen LogP contribution in [0.1, 0.15) is 26.3 Å². The minimum Gasteiger partial charge on any atom is -0.493 e. The highest BCUT2D eigenvalue weighted by molar-refractivity contribution is 5.73. The van der Waals surface area contributed by atoms with Crippen LogP contribution in [-0.2, 0) is 11.3 Å². The Kier molecular flexibility index (Phi) is 6.98. The lowest BCUT2D eigenvalue weighted by atomic mass is 10.0. The van der Waals surface area contributed by atoms with Crippen molar-refractivity contribution in [2.24, 2.45) is 5.92 Å². The van der Waals surface area contributed by atoms with Crippen molar-refractivity contribution < 1.29 is 24.1 Å². The molecule has 124 valence electrons. The van der Waals surface area contributed by atoms with Crippen LogP contribution in [0.3, 0.4) is 0 Å². The first-order valence-corrected chi connectivity index (χ1v) is 7.28. The maximum Gasteiger partial charge on any atom is 0.320 e. The maximum absolute atomic E-state index is 11.2. The molecule has 0 fully saturated rings. The largest absolute Gasteiger partial charge is 0.493 e. The van der Waals surface area contributed by atoms with Gasteiger partial charge in [-0.2, -0.15) is 0 Å². The number of aliphatic carboxylic acids is 1. The average molecular weight is 311 g/mol. The predicted molar refractivity (Wildman–Crippen MR) is 83.8 cm³/mol. The summed E-state index contributed by atoms with van der Waals surface area (Å²) in [4.78, 5) is 11.2. The number of hydrogen-bond acceptors (Lipinski definition) is 5. The maximum atomic E-state index is 11.2. The van der Waals surface area contributed by atoms with Crippen LogP contribution in [0.25, 0.3) is 0 Å². The number of rotatable bonds is 9. The van der Waals surface area contributed by atoms with Gasteiger partial charge in [-0.05, 0) is 30.5 Å². The van der Waals surface area contributed by atoms with Crippen LogP contribution in [0, 0.1) is 5.92 Å². The minimum absolute atomic E-state index is 0.0102. The van der Waals surface area contributed by atoms with E-state index in [0.29, 0.717) is 30.4 Å². The van der Waals surface area contributed by atoms with Gasteiger partial charge in [0.2, 0.25) is 5.75 Å². The average Bonchev–Trinajstić information content (AvgIpc) is 2.47. The van der Waals surface area contributed by atoms with Crippen molar-refractivity contribution in [3.8, 4) is 17.2 Å². The van der Waals surface area contributed by atoms with E-state index in [1.165, 1.54) is 0 Å². The zero-order chi connectivity index (χ0) is 16.7. The molecule has 1 aromatic rings. The van der Waals surface area contributed by atoms with Gasteiger partial charge in [0.05, 0.1) is 20.8 Å². The van der Waals surface area contributed by atoms with Crippen LogP contribution in [0.5, 0.6) is 17.2 Å². The van der Waals surface area contributed by atoms with Crippen molar-refractivity contribution in [1.29, 1.82) is 0 Å². The van der Waals surface area contributed by atoms with Gasteiger partial charge in [-0.25, -0.2) is 0 Å². The highest BCUT2D eigenvalue weighted by atomic mass is 16.5. The Balaban J connectivity index is 2.98. The molecule has 0 aliphatic rings. The van der Waals surface area contributed by atoms with E-state index in [9.17, 15) is 9.90 Å². The molecular formula is C16H25NO5. The molecule has 6 nitrogen and oxygen atoms in total. The highest BCUT2D eigenvalue weighted by Gasteiger charge is 2.21. The number of carboxylic acid groups (broad SMARTS) is 1. The van der Waals surface area contributed by atoms with Crippen LogP contribution < -0.4 is 19.5 Å². The summed E-state index contributed by atoms with van der Waals surface area (Å²) >= 11 is 0. The van der Waals surface area contributed by atoms with Crippen molar-refractivity contribution in [3.05, 3.63) is 17.7 Å². The van der Waals surface area contributed by atoms with Crippen molar-refractivity contribution in [2.75, 3.05) is 20.8 Å². The first-order valence-electron chi connectivity index (χ1n) is 7.28. The fraction of sp³-hybridized carbons (Fsp3) is 0.562. The quantitative estimate of drug-likeness (QED) is 0.729. The van der Waals surface area contributed by atoms with Crippen molar-refractivity contribution >= 4 is 5.97 Å². The second-order valence-corrected chi connectivity index (χ2v) is 5.20. The molecule has 1 rings (SSSR count). The number of methoxy groups -OCH3 is 2. The number of carbonyl (C=O) groups is 1. The number of benzene rings is 1. The molecule has 0 saturated heterocycles. The molecule has 22 heavy (non-hydrogen) atoms. The standard InChI is InChI=1S/C16H25NO5/c1-6-22-15-12(20-4)7-11(8-13(15)21-5)9-17-14(10(2)3)16(18)19/h7-8,10,14,17H,6,9H2,1-5H3,(H,18,19)/t14-/m0/s1. The topological polar surface area (TPSA) is 77.0 Å². The van der Waals surface area contributed by atoms with Crippen LogP contribution in [0.4, 0.5) is 0 Å². The molecule has 1 aromatic carbocycles. The molecule has 0 aromatic heterocycles.